The summed E-state index contributed by atoms with van der Waals surface area (Å²) in [5.74, 6) is -0.0717. The lowest BCUT2D eigenvalue weighted by Crippen LogP contribution is -2.19. The number of rotatable bonds is 3. The number of imidazole rings is 1. The number of hydrogen-bond acceptors (Lipinski definition) is 5. The number of amidine groups is 1. The Kier molecular flexibility index (Phi) is 4.68. The van der Waals surface area contributed by atoms with E-state index in [4.69, 9.17) is 0 Å². The largest absolute Gasteiger partial charge is 0.339 e. The molecule has 2 heterocycles. The number of amides is 1. The van der Waals surface area contributed by atoms with Crippen LogP contribution >= 0.6 is 0 Å². The number of nitrogens with zero attached hydrogens (tertiary/aromatic N) is 3. The Hall–Kier alpha value is -4.18. The van der Waals surface area contributed by atoms with Gasteiger partial charge in [0, 0.05) is 36.6 Å². The van der Waals surface area contributed by atoms with Gasteiger partial charge in [-0.1, -0.05) is 12.1 Å². The number of nitrogens with one attached hydrogen (secondary N) is 2. The number of fused-ring (bicyclic) bond motifs is 2. The number of aryl methyl sites for hydroxylation is 2. The highest BCUT2D eigenvalue weighted by Gasteiger charge is 2.28. The Morgan fingerprint density at radius 1 is 0.879 bits per heavy atom. The van der Waals surface area contributed by atoms with Crippen LogP contribution in [0.25, 0.3) is 11.0 Å². The molecular formula is C23H19N5O4S. The summed E-state index contributed by atoms with van der Waals surface area (Å²) < 4.78 is 31.3. The fraction of sp³-hybridized carbons (Fsp3) is 0.0870. The summed E-state index contributed by atoms with van der Waals surface area (Å²) in [6.07, 6.45) is 0. The van der Waals surface area contributed by atoms with E-state index in [9.17, 15) is 18.0 Å². The monoisotopic (exact) mass is 461 g/mol. The van der Waals surface area contributed by atoms with Crippen LogP contribution in [-0.4, -0.2) is 29.3 Å². The van der Waals surface area contributed by atoms with Crippen LogP contribution in [0, 0.1) is 0 Å². The van der Waals surface area contributed by atoms with Gasteiger partial charge in [0.05, 0.1) is 11.0 Å². The molecule has 0 unspecified atom stereocenters. The van der Waals surface area contributed by atoms with Gasteiger partial charge in [-0.05, 0) is 54.6 Å². The first kappa shape index (κ1) is 20.7. The zero-order chi connectivity index (χ0) is 23.3. The Morgan fingerprint density at radius 2 is 1.55 bits per heavy atom. The van der Waals surface area contributed by atoms with E-state index in [2.05, 4.69) is 15.0 Å². The van der Waals surface area contributed by atoms with Crippen LogP contribution in [0.5, 0.6) is 0 Å². The van der Waals surface area contributed by atoms with E-state index in [1.165, 1.54) is 10.6 Å². The average molecular weight is 462 g/mol. The molecule has 0 bridgehead atoms. The summed E-state index contributed by atoms with van der Waals surface area (Å²) in [5, 5.41) is 5.84. The van der Waals surface area contributed by atoms with Gasteiger partial charge in [0.2, 0.25) is 0 Å². The SMILES string of the molecule is Cn1c(=O)n(C)c2cc(NC(=O)c3ccc(NC4=NS(=O)(=O)c5ccccc54)cc3)ccc21. The summed E-state index contributed by atoms with van der Waals surface area (Å²) in [5.41, 5.74) is 3.44. The zero-order valence-electron chi connectivity index (χ0n) is 17.7. The molecule has 33 heavy (non-hydrogen) atoms. The molecule has 0 saturated heterocycles. The first-order valence-electron chi connectivity index (χ1n) is 10.0. The lowest BCUT2D eigenvalue weighted by Gasteiger charge is -2.09. The molecule has 166 valence electrons. The van der Waals surface area contributed by atoms with Gasteiger partial charge in [-0.2, -0.15) is 8.42 Å². The van der Waals surface area contributed by atoms with E-state index in [0.29, 0.717) is 28.0 Å². The van der Waals surface area contributed by atoms with Crippen molar-refractivity contribution in [3.05, 3.63) is 88.3 Å². The number of hydrogen-bond donors (Lipinski definition) is 2. The van der Waals surface area contributed by atoms with Gasteiger partial charge in [0.15, 0.2) is 5.84 Å². The first-order chi connectivity index (χ1) is 15.7. The third kappa shape index (κ3) is 3.50. The first-order valence-corrected chi connectivity index (χ1v) is 11.5. The molecule has 3 aromatic carbocycles. The van der Waals surface area contributed by atoms with E-state index in [-0.39, 0.29) is 22.3 Å². The van der Waals surface area contributed by atoms with Gasteiger partial charge in [0.25, 0.3) is 15.9 Å². The Balaban J connectivity index is 1.34. The Bertz CT molecular complexity index is 1630. The van der Waals surface area contributed by atoms with Gasteiger partial charge < -0.3 is 10.6 Å². The maximum absolute atomic E-state index is 12.7. The fourth-order valence-electron chi connectivity index (χ4n) is 3.83. The molecule has 5 rings (SSSR count). The van der Waals surface area contributed by atoms with Crippen LogP contribution in [0.15, 0.2) is 80.8 Å². The van der Waals surface area contributed by atoms with Crippen molar-refractivity contribution in [3.8, 4) is 0 Å². The second-order valence-electron chi connectivity index (χ2n) is 7.67. The number of sulfonamides is 1. The summed E-state index contributed by atoms with van der Waals surface area (Å²) in [6, 6.07) is 18.5. The van der Waals surface area contributed by atoms with Crippen LogP contribution in [0.1, 0.15) is 15.9 Å². The van der Waals surface area contributed by atoms with Crippen LogP contribution in [-0.2, 0) is 24.1 Å². The van der Waals surface area contributed by atoms with Crippen LogP contribution in [0.4, 0.5) is 11.4 Å². The van der Waals surface area contributed by atoms with Gasteiger partial charge in [-0.25, -0.2) is 4.79 Å². The number of carbonyl (C=O) groups excluding carboxylic acids is 1. The molecule has 0 atom stereocenters. The van der Waals surface area contributed by atoms with E-state index in [1.54, 1.807) is 79.3 Å². The summed E-state index contributed by atoms with van der Waals surface area (Å²) >= 11 is 0. The Labute approximate surface area is 189 Å². The van der Waals surface area contributed by atoms with Crippen molar-refractivity contribution in [2.45, 2.75) is 4.90 Å². The molecule has 0 fully saturated rings. The normalized spacial score (nSPS) is 14.1. The van der Waals surface area contributed by atoms with Crippen molar-refractivity contribution >= 4 is 44.2 Å². The molecule has 9 nitrogen and oxygen atoms in total. The van der Waals surface area contributed by atoms with Crippen molar-refractivity contribution in [1.29, 1.82) is 0 Å². The van der Waals surface area contributed by atoms with E-state index in [1.807, 2.05) is 0 Å². The number of benzene rings is 3. The highest BCUT2D eigenvalue weighted by molar-refractivity contribution is 7.90. The molecule has 0 radical (unpaired) electrons. The van der Waals surface area contributed by atoms with Crippen molar-refractivity contribution < 1.29 is 13.2 Å². The summed E-state index contributed by atoms with van der Waals surface area (Å²) in [7, 11) is -0.334. The van der Waals surface area contributed by atoms with Crippen LogP contribution in [0.3, 0.4) is 0 Å². The molecular weight excluding hydrogens is 442 g/mol. The van der Waals surface area contributed by atoms with Gasteiger partial charge in [-0.15, -0.1) is 4.40 Å². The second kappa shape index (κ2) is 7.45. The minimum absolute atomic E-state index is 0.140. The summed E-state index contributed by atoms with van der Waals surface area (Å²) in [6.45, 7) is 0. The predicted octanol–water partition coefficient (Wildman–Crippen LogP) is 2.69. The highest BCUT2D eigenvalue weighted by atomic mass is 32.2. The lowest BCUT2D eigenvalue weighted by molar-refractivity contribution is 0.102. The topological polar surface area (TPSA) is 115 Å². The predicted molar refractivity (Wildman–Crippen MR) is 126 cm³/mol. The van der Waals surface area contributed by atoms with Gasteiger partial charge in [0.1, 0.15) is 4.90 Å². The number of carbonyl (C=O) groups is 1. The molecule has 0 aliphatic carbocycles. The molecule has 0 spiro atoms. The zero-order valence-corrected chi connectivity index (χ0v) is 18.6. The van der Waals surface area contributed by atoms with Crippen molar-refractivity contribution in [3.63, 3.8) is 0 Å². The van der Waals surface area contributed by atoms with E-state index in [0.717, 1.165) is 5.52 Å². The van der Waals surface area contributed by atoms with Crippen molar-refractivity contribution in [2.24, 2.45) is 18.5 Å². The quantitative estimate of drug-likeness (QED) is 0.487. The number of anilines is 2. The highest BCUT2D eigenvalue weighted by Crippen LogP contribution is 2.27. The minimum Gasteiger partial charge on any atom is -0.339 e. The average Bonchev–Trinajstić information content (AvgIpc) is 3.19. The van der Waals surface area contributed by atoms with Gasteiger partial charge in [-0.3, -0.25) is 13.9 Å². The van der Waals surface area contributed by atoms with Crippen molar-refractivity contribution in [2.75, 3.05) is 10.6 Å². The molecule has 1 aliphatic heterocycles. The van der Waals surface area contributed by atoms with Crippen molar-refractivity contribution in [1.82, 2.24) is 9.13 Å². The molecule has 4 aromatic rings. The smallest absolute Gasteiger partial charge is 0.328 e. The fourth-order valence-corrected chi connectivity index (χ4v) is 5.00. The van der Waals surface area contributed by atoms with E-state index < -0.39 is 10.0 Å². The van der Waals surface area contributed by atoms with Gasteiger partial charge >= 0.3 is 5.69 Å². The number of aromatic nitrogens is 2. The van der Waals surface area contributed by atoms with E-state index >= 15 is 0 Å². The Morgan fingerprint density at radius 3 is 2.30 bits per heavy atom. The maximum atomic E-state index is 12.7. The summed E-state index contributed by atoms with van der Waals surface area (Å²) in [4.78, 5) is 25.0. The molecule has 1 amide bonds. The molecule has 0 saturated carbocycles. The third-order valence-electron chi connectivity index (χ3n) is 5.57. The standard InChI is InChI=1S/C23H19N5O4S/c1-27-18-12-11-16(13-19(18)28(2)23(27)30)25-22(29)14-7-9-15(10-8-14)24-21-17-5-3-4-6-20(17)33(31,32)26-21/h3-13H,1-2H3,(H,24,26)(H,25,29). The maximum Gasteiger partial charge on any atom is 0.328 e. The van der Waals surface area contributed by atoms with Crippen LogP contribution < -0.4 is 16.3 Å². The molecule has 1 aromatic heterocycles. The molecule has 10 heteroatoms. The van der Waals surface area contributed by atoms with Crippen LogP contribution in [0.2, 0.25) is 0 Å². The lowest BCUT2D eigenvalue weighted by atomic mass is 10.1. The molecule has 2 N–H and O–H groups in total. The second-order valence-corrected chi connectivity index (χ2v) is 9.24. The third-order valence-corrected chi connectivity index (χ3v) is 6.91. The minimum atomic E-state index is -3.71. The molecule has 1 aliphatic rings.